The molecular formula is C47H41N3. The smallest absolute Gasteiger partial charge is 0.0716 e. The maximum absolute atomic E-state index is 5.12. The van der Waals surface area contributed by atoms with Crippen molar-refractivity contribution in [2.45, 2.75) is 38.1 Å². The molecule has 0 saturated heterocycles. The van der Waals surface area contributed by atoms with E-state index in [1.54, 1.807) is 0 Å². The molecule has 4 aromatic carbocycles. The van der Waals surface area contributed by atoms with Gasteiger partial charge < -0.3 is 0 Å². The average Bonchev–Trinajstić information content (AvgIpc) is 3.28. The lowest BCUT2D eigenvalue weighted by Gasteiger charge is -2.34. The fourth-order valence-electron chi connectivity index (χ4n) is 7.57. The number of fused-ring (bicyclic) bond motifs is 3. The van der Waals surface area contributed by atoms with Crippen LogP contribution in [-0.4, -0.2) is 17.4 Å². The highest BCUT2D eigenvalue weighted by molar-refractivity contribution is 6.13. The Morgan fingerprint density at radius 2 is 1.60 bits per heavy atom. The summed E-state index contributed by atoms with van der Waals surface area (Å²) in [4.78, 5) is 13.9. The van der Waals surface area contributed by atoms with Crippen molar-refractivity contribution < 1.29 is 0 Å². The molecule has 0 N–H and O–H groups in total. The fourth-order valence-corrected chi connectivity index (χ4v) is 7.57. The second kappa shape index (κ2) is 14.7. The number of aliphatic imine (C=N–C) groups is 2. The van der Waals surface area contributed by atoms with Gasteiger partial charge in [-0.25, -0.2) is 0 Å². The van der Waals surface area contributed by atoms with Crippen molar-refractivity contribution in [2.24, 2.45) is 9.98 Å². The zero-order valence-corrected chi connectivity index (χ0v) is 28.6. The Kier molecular flexibility index (Phi) is 9.57. The van der Waals surface area contributed by atoms with Crippen LogP contribution in [0.3, 0.4) is 0 Å². The summed E-state index contributed by atoms with van der Waals surface area (Å²) in [5, 5.41) is 0. The third-order valence-corrected chi connectivity index (χ3v) is 9.86. The van der Waals surface area contributed by atoms with E-state index in [0.29, 0.717) is 6.54 Å². The number of nitrogens with zero attached hydrogens (tertiary/aromatic N) is 3. The van der Waals surface area contributed by atoms with Crippen LogP contribution in [0, 0.1) is 0 Å². The number of allylic oxidation sites excluding steroid dienone is 8. The molecule has 3 heteroatoms. The van der Waals surface area contributed by atoms with E-state index in [4.69, 9.17) is 4.99 Å². The topological polar surface area (TPSA) is 37.6 Å². The zero-order valence-electron chi connectivity index (χ0n) is 28.6. The maximum Gasteiger partial charge on any atom is 0.0716 e. The second-order valence-corrected chi connectivity index (χ2v) is 12.7. The molecule has 1 aromatic heterocycles. The van der Waals surface area contributed by atoms with E-state index in [-0.39, 0.29) is 0 Å². The van der Waals surface area contributed by atoms with Gasteiger partial charge in [0.15, 0.2) is 0 Å². The molecule has 0 radical (unpaired) electrons. The van der Waals surface area contributed by atoms with Crippen molar-refractivity contribution in [2.75, 3.05) is 0 Å². The minimum absolute atomic E-state index is 0.432. The first-order valence-corrected chi connectivity index (χ1v) is 17.4. The molecule has 1 heterocycles. The number of hydrogen-bond acceptors (Lipinski definition) is 3. The van der Waals surface area contributed by atoms with Gasteiger partial charge in [0.1, 0.15) is 0 Å². The van der Waals surface area contributed by atoms with Crippen LogP contribution in [0.15, 0.2) is 186 Å². The quantitative estimate of drug-likeness (QED) is 0.110. The lowest BCUT2D eigenvalue weighted by molar-refractivity contribution is 0.758. The summed E-state index contributed by atoms with van der Waals surface area (Å²) in [6, 6.07) is 39.0. The zero-order chi connectivity index (χ0) is 34.3. The van der Waals surface area contributed by atoms with Crippen LogP contribution in [0.5, 0.6) is 0 Å². The molecule has 0 spiro atoms. The summed E-state index contributed by atoms with van der Waals surface area (Å²) >= 11 is 0. The van der Waals surface area contributed by atoms with Gasteiger partial charge in [-0.1, -0.05) is 128 Å². The SMILES string of the molecule is C=C/C(=C\C)C(/C=C(\N=C)c1ccccc1)=NCc1cccc(-c2cccc3c2-c2ccccc2C3(C2=CCCCC=C2)c2ccncc2)c1. The summed E-state index contributed by atoms with van der Waals surface area (Å²) in [6.07, 6.45) is 20.2. The molecule has 1 atom stereocenters. The molecule has 0 saturated carbocycles. The third kappa shape index (κ3) is 5.97. The number of aromatic nitrogens is 1. The van der Waals surface area contributed by atoms with Crippen LogP contribution in [-0.2, 0) is 12.0 Å². The van der Waals surface area contributed by atoms with E-state index in [1.165, 1.54) is 44.5 Å². The highest BCUT2D eigenvalue weighted by Crippen LogP contribution is 2.58. The first-order valence-electron chi connectivity index (χ1n) is 17.4. The minimum atomic E-state index is -0.432. The molecule has 50 heavy (non-hydrogen) atoms. The first kappa shape index (κ1) is 32.6. The molecule has 0 aliphatic heterocycles. The summed E-state index contributed by atoms with van der Waals surface area (Å²) in [5.74, 6) is 0. The molecule has 0 fully saturated rings. The number of rotatable bonds is 10. The summed E-state index contributed by atoms with van der Waals surface area (Å²) in [6.45, 7) is 10.4. The number of hydrogen-bond donors (Lipinski definition) is 0. The lowest BCUT2D eigenvalue weighted by atomic mass is 9.67. The van der Waals surface area contributed by atoms with E-state index in [1.807, 2.05) is 67.9 Å². The van der Waals surface area contributed by atoms with Gasteiger partial charge in [0.05, 0.1) is 23.4 Å². The molecule has 1 unspecified atom stereocenters. The highest BCUT2D eigenvalue weighted by Gasteiger charge is 2.47. The Morgan fingerprint density at radius 3 is 2.40 bits per heavy atom. The predicted octanol–water partition coefficient (Wildman–Crippen LogP) is 11.5. The van der Waals surface area contributed by atoms with Crippen molar-refractivity contribution in [3.05, 3.63) is 204 Å². The predicted molar refractivity (Wildman–Crippen MR) is 212 cm³/mol. The van der Waals surface area contributed by atoms with Gasteiger partial charge in [0, 0.05) is 18.0 Å². The Bertz CT molecular complexity index is 2200. The van der Waals surface area contributed by atoms with E-state index in [2.05, 4.69) is 120 Å². The van der Waals surface area contributed by atoms with Gasteiger partial charge >= 0.3 is 0 Å². The minimum Gasteiger partial charge on any atom is -0.280 e. The molecule has 244 valence electrons. The van der Waals surface area contributed by atoms with E-state index >= 15 is 0 Å². The molecule has 0 bridgehead atoms. The Labute approximate surface area is 296 Å². The maximum atomic E-state index is 5.12. The Morgan fingerprint density at radius 1 is 0.840 bits per heavy atom. The van der Waals surface area contributed by atoms with Crippen LogP contribution < -0.4 is 0 Å². The lowest BCUT2D eigenvalue weighted by Crippen LogP contribution is -2.29. The van der Waals surface area contributed by atoms with E-state index in [9.17, 15) is 0 Å². The molecule has 7 rings (SSSR count). The van der Waals surface area contributed by atoms with Gasteiger partial charge in [-0.15, -0.1) is 0 Å². The molecule has 2 aliphatic rings. The normalized spacial score (nSPS) is 17.4. The van der Waals surface area contributed by atoms with Gasteiger partial charge in [-0.2, -0.15) is 0 Å². The van der Waals surface area contributed by atoms with Crippen molar-refractivity contribution in [3.8, 4) is 22.3 Å². The Hall–Kier alpha value is -5.93. The third-order valence-electron chi connectivity index (χ3n) is 9.86. The second-order valence-electron chi connectivity index (χ2n) is 12.7. The summed E-state index contributed by atoms with van der Waals surface area (Å²) in [7, 11) is 0. The van der Waals surface area contributed by atoms with Gasteiger partial charge in [0.2, 0.25) is 0 Å². The first-order chi connectivity index (χ1) is 24.7. The number of pyridine rings is 1. The molecular weight excluding hydrogens is 607 g/mol. The van der Waals surface area contributed by atoms with Crippen LogP contribution >= 0.6 is 0 Å². The molecule has 2 aliphatic carbocycles. The van der Waals surface area contributed by atoms with Crippen molar-refractivity contribution >= 4 is 18.1 Å². The van der Waals surface area contributed by atoms with Crippen LogP contribution in [0.25, 0.3) is 28.0 Å². The number of benzene rings is 4. The summed E-state index contributed by atoms with van der Waals surface area (Å²) < 4.78 is 0. The van der Waals surface area contributed by atoms with Gasteiger partial charge in [-0.3, -0.25) is 15.0 Å². The molecule has 3 nitrogen and oxygen atoms in total. The monoisotopic (exact) mass is 647 g/mol. The van der Waals surface area contributed by atoms with Crippen molar-refractivity contribution in [1.82, 2.24) is 4.98 Å². The van der Waals surface area contributed by atoms with Crippen LogP contribution in [0.4, 0.5) is 0 Å². The highest BCUT2D eigenvalue weighted by atomic mass is 14.8. The van der Waals surface area contributed by atoms with Crippen LogP contribution in [0.2, 0.25) is 0 Å². The molecule has 0 amide bonds. The van der Waals surface area contributed by atoms with Gasteiger partial charge in [0.25, 0.3) is 0 Å². The van der Waals surface area contributed by atoms with Crippen molar-refractivity contribution in [3.63, 3.8) is 0 Å². The summed E-state index contributed by atoms with van der Waals surface area (Å²) in [5.41, 5.74) is 14.4. The van der Waals surface area contributed by atoms with E-state index in [0.717, 1.165) is 47.4 Å². The van der Waals surface area contributed by atoms with Crippen molar-refractivity contribution in [1.29, 1.82) is 0 Å². The average molecular weight is 648 g/mol. The van der Waals surface area contributed by atoms with Gasteiger partial charge in [-0.05, 0) is 113 Å². The standard InChI is InChI=1S/C47H41N3/c1-4-35(5-2)45(32-44(48-3)36-18-9-8-10-19-36)50-33-34-17-15-20-37(31-34)40-24-16-26-43-46(40)41-23-13-14-25-42(41)47(43,39-27-29-49-30-28-39)38-21-11-6-7-12-22-38/h4-5,8-11,13-32H,1,3,6-7,12,33H2,2H3/b35-5+,44-32-,50-45?. The van der Waals surface area contributed by atoms with E-state index < -0.39 is 5.41 Å². The fraction of sp³-hybridized carbons (Fsp3) is 0.128. The largest absolute Gasteiger partial charge is 0.280 e. The Balaban J connectivity index is 1.35. The molecule has 5 aromatic rings. The van der Waals surface area contributed by atoms with Crippen LogP contribution in [0.1, 0.15) is 54.0 Å².